The summed E-state index contributed by atoms with van der Waals surface area (Å²) in [5.74, 6) is 1.44. The predicted molar refractivity (Wildman–Crippen MR) is 113 cm³/mol. The van der Waals surface area contributed by atoms with Crippen LogP contribution in [0.2, 0.25) is 5.02 Å². The summed E-state index contributed by atoms with van der Waals surface area (Å²) in [7, 11) is 1.94. The number of hydrogen-bond acceptors (Lipinski definition) is 3. The number of guanidine groups is 1. The number of benzene rings is 1. The Morgan fingerprint density at radius 3 is 2.93 bits per heavy atom. The Labute approximate surface area is 166 Å². The summed E-state index contributed by atoms with van der Waals surface area (Å²) < 4.78 is 1.86. The lowest BCUT2D eigenvalue weighted by atomic mass is 10.1. The molecule has 1 atom stereocenters. The average molecular weight is 389 g/mol. The van der Waals surface area contributed by atoms with Crippen LogP contribution in [0.15, 0.2) is 35.5 Å². The number of nitrogens with one attached hydrogen (secondary N) is 2. The van der Waals surface area contributed by atoms with Gasteiger partial charge in [0.2, 0.25) is 0 Å². The number of halogens is 1. The van der Waals surface area contributed by atoms with Gasteiger partial charge in [0.25, 0.3) is 0 Å². The van der Waals surface area contributed by atoms with E-state index in [0.29, 0.717) is 12.5 Å². The van der Waals surface area contributed by atoms with E-state index in [1.54, 1.807) is 6.20 Å². The summed E-state index contributed by atoms with van der Waals surface area (Å²) in [5.41, 5.74) is 3.62. The Balaban J connectivity index is 1.55. The topological polar surface area (TPSA) is 57.5 Å². The van der Waals surface area contributed by atoms with Crippen LogP contribution < -0.4 is 15.5 Å². The molecule has 0 bridgehead atoms. The summed E-state index contributed by atoms with van der Waals surface area (Å²) >= 11 is 6.19. The molecule has 1 saturated heterocycles. The van der Waals surface area contributed by atoms with Crippen LogP contribution in [0.3, 0.4) is 0 Å². The van der Waals surface area contributed by atoms with Crippen LogP contribution in [-0.4, -0.2) is 41.9 Å². The fourth-order valence-corrected chi connectivity index (χ4v) is 3.61. The maximum Gasteiger partial charge on any atom is 0.191 e. The predicted octanol–water partition coefficient (Wildman–Crippen LogP) is 2.96. The van der Waals surface area contributed by atoms with Crippen molar-refractivity contribution in [1.82, 2.24) is 20.4 Å². The molecule has 1 aliphatic heterocycles. The van der Waals surface area contributed by atoms with E-state index >= 15 is 0 Å². The fraction of sp³-hybridized carbons (Fsp3) is 0.500. The maximum absolute atomic E-state index is 6.19. The van der Waals surface area contributed by atoms with Gasteiger partial charge in [-0.05, 0) is 49.9 Å². The van der Waals surface area contributed by atoms with Gasteiger partial charge >= 0.3 is 0 Å². The lowest BCUT2D eigenvalue weighted by molar-refractivity contribution is 0.565. The first-order valence-corrected chi connectivity index (χ1v) is 9.94. The molecule has 2 heterocycles. The number of hydrogen-bond donors (Lipinski definition) is 2. The molecule has 1 aliphatic rings. The molecule has 1 aromatic heterocycles. The van der Waals surface area contributed by atoms with Gasteiger partial charge in [0, 0.05) is 50.1 Å². The minimum absolute atomic E-state index is 0.587. The van der Waals surface area contributed by atoms with Gasteiger partial charge < -0.3 is 15.5 Å². The Morgan fingerprint density at radius 2 is 2.19 bits per heavy atom. The molecule has 0 spiro atoms. The van der Waals surface area contributed by atoms with Crippen LogP contribution >= 0.6 is 11.6 Å². The summed E-state index contributed by atoms with van der Waals surface area (Å²) in [6.07, 6.45) is 2.97. The van der Waals surface area contributed by atoms with E-state index in [9.17, 15) is 0 Å². The van der Waals surface area contributed by atoms with Crippen molar-refractivity contribution in [3.05, 3.63) is 46.7 Å². The van der Waals surface area contributed by atoms with Gasteiger partial charge in [-0.3, -0.25) is 4.68 Å². The zero-order valence-electron chi connectivity index (χ0n) is 16.4. The lowest BCUT2D eigenvalue weighted by Gasteiger charge is -2.21. The molecule has 2 N–H and O–H groups in total. The average Bonchev–Trinajstić information content (AvgIpc) is 3.28. The summed E-state index contributed by atoms with van der Waals surface area (Å²) in [6.45, 7) is 8.70. The molecular formula is C20H29ClN6. The third-order valence-corrected chi connectivity index (χ3v) is 5.26. The molecule has 1 unspecified atom stereocenters. The van der Waals surface area contributed by atoms with Crippen molar-refractivity contribution in [1.29, 1.82) is 0 Å². The Hall–Kier alpha value is -2.21. The van der Waals surface area contributed by atoms with Gasteiger partial charge in [-0.2, -0.15) is 5.10 Å². The second-order valence-corrected chi connectivity index (χ2v) is 7.49. The van der Waals surface area contributed by atoms with Crippen molar-refractivity contribution in [3.63, 3.8) is 0 Å². The van der Waals surface area contributed by atoms with E-state index in [4.69, 9.17) is 11.6 Å². The van der Waals surface area contributed by atoms with Crippen LogP contribution in [0.1, 0.15) is 24.6 Å². The van der Waals surface area contributed by atoms with E-state index in [0.717, 1.165) is 42.9 Å². The van der Waals surface area contributed by atoms with Gasteiger partial charge in [0.15, 0.2) is 5.96 Å². The van der Waals surface area contributed by atoms with E-state index in [2.05, 4.69) is 51.6 Å². The third kappa shape index (κ3) is 5.16. The number of nitrogens with zero attached hydrogens (tertiary/aromatic N) is 4. The van der Waals surface area contributed by atoms with Gasteiger partial charge in [-0.15, -0.1) is 0 Å². The fourth-order valence-electron chi connectivity index (χ4n) is 3.44. The van der Waals surface area contributed by atoms with Crippen molar-refractivity contribution in [2.24, 2.45) is 18.0 Å². The van der Waals surface area contributed by atoms with Crippen LogP contribution in [-0.2, 0) is 13.6 Å². The van der Waals surface area contributed by atoms with E-state index in [-0.39, 0.29) is 0 Å². The van der Waals surface area contributed by atoms with Crippen LogP contribution in [0.25, 0.3) is 0 Å². The molecule has 0 radical (unpaired) electrons. The van der Waals surface area contributed by atoms with Crippen molar-refractivity contribution in [2.75, 3.05) is 31.1 Å². The number of aromatic nitrogens is 2. The summed E-state index contributed by atoms with van der Waals surface area (Å²) in [5, 5.41) is 11.8. The molecule has 2 aromatic rings. The Bertz CT molecular complexity index is 785. The third-order valence-electron chi connectivity index (χ3n) is 5.02. The first-order valence-electron chi connectivity index (χ1n) is 9.57. The molecule has 7 heteroatoms. The summed E-state index contributed by atoms with van der Waals surface area (Å²) in [6, 6.07) is 8.12. The molecule has 1 fully saturated rings. The minimum atomic E-state index is 0.587. The van der Waals surface area contributed by atoms with Gasteiger partial charge in [-0.1, -0.05) is 17.7 Å². The smallest absolute Gasteiger partial charge is 0.191 e. The highest BCUT2D eigenvalue weighted by Gasteiger charge is 2.24. The van der Waals surface area contributed by atoms with Gasteiger partial charge in [0.1, 0.15) is 0 Å². The second kappa shape index (κ2) is 9.13. The second-order valence-electron chi connectivity index (χ2n) is 7.05. The Morgan fingerprint density at radius 1 is 1.33 bits per heavy atom. The van der Waals surface area contributed by atoms with Gasteiger partial charge in [-0.25, -0.2) is 4.99 Å². The maximum atomic E-state index is 6.19. The molecule has 146 valence electrons. The van der Waals surface area contributed by atoms with Crippen molar-refractivity contribution >= 4 is 23.2 Å². The standard InChI is InChI=1S/C20H29ClN6/c1-4-22-20(24-13-18-7-9-25-26(18)3)23-12-16-8-10-27(14-16)19-11-17(21)6-5-15(19)2/h5-7,9,11,16H,4,8,10,12-14H2,1-3H3,(H2,22,23,24). The molecule has 27 heavy (non-hydrogen) atoms. The molecule has 3 rings (SSSR count). The quantitative estimate of drug-likeness (QED) is 0.590. The van der Waals surface area contributed by atoms with Crippen molar-refractivity contribution < 1.29 is 0 Å². The molecule has 6 nitrogen and oxygen atoms in total. The lowest BCUT2D eigenvalue weighted by Crippen LogP contribution is -2.40. The normalized spacial score (nSPS) is 17.4. The molecule has 0 amide bonds. The molecular weight excluding hydrogens is 360 g/mol. The Kier molecular flexibility index (Phi) is 6.61. The summed E-state index contributed by atoms with van der Waals surface area (Å²) in [4.78, 5) is 7.12. The zero-order valence-corrected chi connectivity index (χ0v) is 17.1. The van der Waals surface area contributed by atoms with E-state index < -0.39 is 0 Å². The van der Waals surface area contributed by atoms with Crippen LogP contribution in [0.4, 0.5) is 5.69 Å². The van der Waals surface area contributed by atoms with Crippen LogP contribution in [0.5, 0.6) is 0 Å². The van der Waals surface area contributed by atoms with E-state index in [1.165, 1.54) is 17.7 Å². The van der Waals surface area contributed by atoms with Crippen molar-refractivity contribution in [2.45, 2.75) is 26.8 Å². The highest BCUT2D eigenvalue weighted by Crippen LogP contribution is 2.29. The molecule has 0 aliphatic carbocycles. The monoisotopic (exact) mass is 388 g/mol. The van der Waals surface area contributed by atoms with Crippen molar-refractivity contribution in [3.8, 4) is 0 Å². The first-order chi connectivity index (χ1) is 13.1. The number of rotatable bonds is 6. The molecule has 0 saturated carbocycles. The highest BCUT2D eigenvalue weighted by molar-refractivity contribution is 6.30. The SMILES string of the molecule is CCNC(=NCc1ccnn1C)NCC1CCN(c2cc(Cl)ccc2C)C1. The zero-order chi connectivity index (χ0) is 19.2. The largest absolute Gasteiger partial charge is 0.371 e. The number of aryl methyl sites for hydroxylation is 2. The van der Waals surface area contributed by atoms with Gasteiger partial charge in [0.05, 0.1) is 12.2 Å². The first kappa shape index (κ1) is 19.5. The van der Waals surface area contributed by atoms with E-state index in [1.807, 2.05) is 23.9 Å². The highest BCUT2D eigenvalue weighted by atomic mass is 35.5. The number of anilines is 1. The van der Waals surface area contributed by atoms with Crippen LogP contribution in [0, 0.1) is 12.8 Å². The number of aliphatic imine (C=N–C) groups is 1. The minimum Gasteiger partial charge on any atom is -0.371 e. The molecule has 1 aromatic carbocycles.